The molecule has 2 heterocycles. The van der Waals surface area contributed by atoms with Gasteiger partial charge in [0.1, 0.15) is 0 Å². The van der Waals surface area contributed by atoms with E-state index in [1.807, 2.05) is 20.9 Å². The van der Waals surface area contributed by atoms with Crippen molar-refractivity contribution >= 4 is 10.2 Å². The van der Waals surface area contributed by atoms with E-state index in [-0.39, 0.29) is 12.1 Å². The molecule has 2 aliphatic heterocycles. The Bertz CT molecular complexity index is 401. The van der Waals surface area contributed by atoms with Crippen molar-refractivity contribution in [2.24, 2.45) is 5.92 Å². The number of hydrogen-bond donors (Lipinski definition) is 1. The first-order valence-electron chi connectivity index (χ1n) is 7.90. The molecule has 1 unspecified atom stereocenters. The maximum atomic E-state index is 12.9. The van der Waals surface area contributed by atoms with Gasteiger partial charge in [-0.05, 0) is 59.0 Å². The summed E-state index contributed by atoms with van der Waals surface area (Å²) in [6.45, 7) is 6.33. The van der Waals surface area contributed by atoms with Gasteiger partial charge in [0.15, 0.2) is 0 Å². The van der Waals surface area contributed by atoms with Crippen LogP contribution in [0.25, 0.3) is 0 Å². The van der Waals surface area contributed by atoms with E-state index in [1.165, 1.54) is 0 Å². The van der Waals surface area contributed by atoms with Crippen LogP contribution in [0.5, 0.6) is 0 Å². The van der Waals surface area contributed by atoms with E-state index in [0.29, 0.717) is 19.0 Å². The molecule has 0 radical (unpaired) electrons. The van der Waals surface area contributed by atoms with Crippen LogP contribution in [0.1, 0.15) is 46.0 Å². The highest BCUT2D eigenvalue weighted by atomic mass is 32.2. The highest BCUT2D eigenvalue weighted by Crippen LogP contribution is 2.29. The second-order valence-electron chi connectivity index (χ2n) is 6.39. The van der Waals surface area contributed by atoms with E-state index in [9.17, 15) is 8.42 Å². The quantitative estimate of drug-likeness (QED) is 0.855. The number of rotatable bonds is 4. The summed E-state index contributed by atoms with van der Waals surface area (Å²) in [5.41, 5.74) is 0. The van der Waals surface area contributed by atoms with Crippen molar-refractivity contribution in [3.05, 3.63) is 0 Å². The van der Waals surface area contributed by atoms with Gasteiger partial charge in [0.2, 0.25) is 0 Å². The van der Waals surface area contributed by atoms with Crippen LogP contribution in [0.2, 0.25) is 0 Å². The standard InChI is InChI=1S/C14H29N3O2S/c1-12-6-4-7-13(2)17(12)20(18,19)16-9-5-8-14(11-16)10-15-3/h12-15H,4-11H2,1-3H3/t12-,13+,14?. The highest BCUT2D eigenvalue weighted by Gasteiger charge is 2.39. The Morgan fingerprint density at radius 3 is 2.35 bits per heavy atom. The summed E-state index contributed by atoms with van der Waals surface area (Å²) in [7, 11) is -1.36. The van der Waals surface area contributed by atoms with Crippen LogP contribution >= 0.6 is 0 Å². The van der Waals surface area contributed by atoms with Crippen molar-refractivity contribution in [1.82, 2.24) is 13.9 Å². The zero-order chi connectivity index (χ0) is 14.8. The lowest BCUT2D eigenvalue weighted by Gasteiger charge is -2.42. The molecule has 2 aliphatic rings. The van der Waals surface area contributed by atoms with Gasteiger partial charge >= 0.3 is 0 Å². The van der Waals surface area contributed by atoms with Gasteiger partial charge in [-0.25, -0.2) is 0 Å². The predicted molar refractivity (Wildman–Crippen MR) is 81.8 cm³/mol. The number of hydrogen-bond acceptors (Lipinski definition) is 3. The van der Waals surface area contributed by atoms with Crippen LogP contribution in [-0.4, -0.2) is 55.8 Å². The first kappa shape index (κ1) is 16.2. The Kier molecular flexibility index (Phi) is 5.45. The minimum absolute atomic E-state index is 0.133. The molecular formula is C14H29N3O2S. The minimum Gasteiger partial charge on any atom is -0.319 e. The van der Waals surface area contributed by atoms with Crippen molar-refractivity contribution in [1.29, 1.82) is 0 Å². The average molecular weight is 303 g/mol. The summed E-state index contributed by atoms with van der Waals surface area (Å²) in [6.07, 6.45) is 5.20. The van der Waals surface area contributed by atoms with Gasteiger partial charge in [0.25, 0.3) is 10.2 Å². The third kappa shape index (κ3) is 3.35. The van der Waals surface area contributed by atoms with Crippen molar-refractivity contribution < 1.29 is 8.42 Å². The van der Waals surface area contributed by atoms with Gasteiger partial charge in [-0.1, -0.05) is 6.42 Å². The molecule has 0 aromatic rings. The van der Waals surface area contributed by atoms with Gasteiger partial charge in [0, 0.05) is 25.2 Å². The van der Waals surface area contributed by atoms with Gasteiger partial charge in [-0.2, -0.15) is 17.0 Å². The molecule has 2 saturated heterocycles. The molecule has 5 nitrogen and oxygen atoms in total. The van der Waals surface area contributed by atoms with Crippen molar-refractivity contribution in [2.45, 2.75) is 58.0 Å². The van der Waals surface area contributed by atoms with Crippen LogP contribution in [0, 0.1) is 5.92 Å². The molecule has 0 spiro atoms. The van der Waals surface area contributed by atoms with Gasteiger partial charge < -0.3 is 5.32 Å². The molecule has 0 amide bonds. The Labute approximate surface area is 123 Å². The zero-order valence-corrected chi connectivity index (χ0v) is 13.8. The molecule has 0 bridgehead atoms. The van der Waals surface area contributed by atoms with Gasteiger partial charge in [-0.15, -0.1) is 0 Å². The minimum atomic E-state index is -3.30. The van der Waals surface area contributed by atoms with Crippen LogP contribution < -0.4 is 5.32 Å². The fourth-order valence-electron chi connectivity index (χ4n) is 3.68. The first-order chi connectivity index (χ1) is 9.46. The topological polar surface area (TPSA) is 52.7 Å². The van der Waals surface area contributed by atoms with Crippen molar-refractivity contribution in [3.63, 3.8) is 0 Å². The van der Waals surface area contributed by atoms with E-state index in [2.05, 4.69) is 5.32 Å². The Morgan fingerprint density at radius 1 is 1.10 bits per heavy atom. The molecule has 2 fully saturated rings. The molecule has 3 atom stereocenters. The lowest BCUT2D eigenvalue weighted by molar-refractivity contribution is 0.174. The van der Waals surface area contributed by atoms with Crippen molar-refractivity contribution in [3.8, 4) is 0 Å². The Hall–Kier alpha value is -0.170. The fourth-order valence-corrected chi connectivity index (χ4v) is 5.82. The van der Waals surface area contributed by atoms with Crippen LogP contribution in [0.3, 0.4) is 0 Å². The summed E-state index contributed by atoms with van der Waals surface area (Å²) < 4.78 is 29.4. The number of nitrogens with zero attached hydrogens (tertiary/aromatic N) is 2. The van der Waals surface area contributed by atoms with Gasteiger partial charge in [0.05, 0.1) is 0 Å². The molecule has 118 valence electrons. The highest BCUT2D eigenvalue weighted by molar-refractivity contribution is 7.86. The molecular weight excluding hydrogens is 274 g/mol. The average Bonchev–Trinajstić information content (AvgIpc) is 2.39. The van der Waals surface area contributed by atoms with Crippen LogP contribution in [0.4, 0.5) is 0 Å². The molecule has 0 aromatic carbocycles. The summed E-state index contributed by atoms with van der Waals surface area (Å²) in [5.74, 6) is 0.443. The maximum absolute atomic E-state index is 12.9. The van der Waals surface area contributed by atoms with Crippen LogP contribution in [0.15, 0.2) is 0 Å². The SMILES string of the molecule is CNCC1CCCN(S(=O)(=O)N2[C@H](C)CCC[C@@H]2C)C1. The fraction of sp³-hybridized carbons (Fsp3) is 1.00. The van der Waals surface area contributed by atoms with E-state index in [1.54, 1.807) is 8.61 Å². The Balaban J connectivity index is 2.12. The molecule has 0 aromatic heterocycles. The summed E-state index contributed by atoms with van der Waals surface area (Å²) in [5, 5.41) is 3.17. The third-order valence-electron chi connectivity index (χ3n) is 4.68. The van der Waals surface area contributed by atoms with E-state index < -0.39 is 10.2 Å². The largest absolute Gasteiger partial charge is 0.319 e. The summed E-state index contributed by atoms with van der Waals surface area (Å²) >= 11 is 0. The number of piperidine rings is 2. The molecule has 1 N–H and O–H groups in total. The van der Waals surface area contributed by atoms with Crippen LogP contribution in [-0.2, 0) is 10.2 Å². The van der Waals surface area contributed by atoms with E-state index in [4.69, 9.17) is 0 Å². The molecule has 20 heavy (non-hydrogen) atoms. The second-order valence-corrected chi connectivity index (χ2v) is 8.22. The molecule has 0 saturated carbocycles. The molecule has 6 heteroatoms. The normalized spacial score (nSPS) is 34.2. The van der Waals surface area contributed by atoms with E-state index >= 15 is 0 Å². The lowest BCUT2D eigenvalue weighted by atomic mass is 10.00. The smallest absolute Gasteiger partial charge is 0.282 e. The Morgan fingerprint density at radius 2 is 1.75 bits per heavy atom. The second kappa shape index (κ2) is 6.73. The number of nitrogens with one attached hydrogen (secondary N) is 1. The lowest BCUT2D eigenvalue weighted by Crippen LogP contribution is -2.55. The summed E-state index contributed by atoms with van der Waals surface area (Å²) in [4.78, 5) is 0. The monoisotopic (exact) mass is 303 g/mol. The zero-order valence-electron chi connectivity index (χ0n) is 13.0. The molecule has 2 rings (SSSR count). The predicted octanol–water partition coefficient (Wildman–Crippen LogP) is 1.43. The summed E-state index contributed by atoms with van der Waals surface area (Å²) in [6, 6.07) is 0.266. The molecule has 0 aliphatic carbocycles. The van der Waals surface area contributed by atoms with Crippen molar-refractivity contribution in [2.75, 3.05) is 26.7 Å². The van der Waals surface area contributed by atoms with E-state index in [0.717, 1.165) is 38.6 Å². The maximum Gasteiger partial charge on any atom is 0.282 e. The third-order valence-corrected chi connectivity index (χ3v) is 6.92. The first-order valence-corrected chi connectivity index (χ1v) is 9.29. The van der Waals surface area contributed by atoms with Gasteiger partial charge in [-0.3, -0.25) is 0 Å².